The lowest BCUT2D eigenvalue weighted by atomic mass is 10.2. The first kappa shape index (κ1) is 13.1. The first-order valence-corrected chi connectivity index (χ1v) is 6.74. The van der Waals surface area contributed by atoms with Gasteiger partial charge in [-0.1, -0.05) is 19.1 Å². The highest BCUT2D eigenvalue weighted by molar-refractivity contribution is 7.99. The molecule has 0 aliphatic rings. The molecule has 0 atom stereocenters. The maximum Gasteiger partial charge on any atom is 0.234 e. The molecule has 0 heterocycles. The van der Waals surface area contributed by atoms with Crippen molar-refractivity contribution in [1.29, 1.82) is 0 Å². The molecule has 16 heavy (non-hydrogen) atoms. The number of nitrogens with one attached hydrogen (secondary N) is 2. The minimum absolute atomic E-state index is 0.0492. The van der Waals surface area contributed by atoms with Gasteiger partial charge in [0.2, 0.25) is 5.91 Å². The summed E-state index contributed by atoms with van der Waals surface area (Å²) in [6.45, 7) is 3.86. The van der Waals surface area contributed by atoms with Crippen LogP contribution in [0.2, 0.25) is 0 Å². The van der Waals surface area contributed by atoms with Crippen LogP contribution < -0.4 is 10.6 Å². The molecule has 2 N–H and O–H groups in total. The number of anilines is 1. The van der Waals surface area contributed by atoms with Gasteiger partial charge in [-0.15, -0.1) is 0 Å². The van der Waals surface area contributed by atoms with Crippen LogP contribution in [-0.4, -0.2) is 24.5 Å². The van der Waals surface area contributed by atoms with E-state index in [1.54, 1.807) is 0 Å². The summed E-state index contributed by atoms with van der Waals surface area (Å²) in [5, 5.41) is 6.13. The monoisotopic (exact) mass is 238 g/mol. The Kier molecular flexibility index (Phi) is 5.96. The van der Waals surface area contributed by atoms with E-state index in [9.17, 15) is 4.79 Å². The lowest BCUT2D eigenvalue weighted by Gasteiger charge is -2.07. The van der Waals surface area contributed by atoms with Crippen LogP contribution in [0.25, 0.3) is 0 Å². The maximum absolute atomic E-state index is 11.4. The highest BCUT2D eigenvalue weighted by Crippen LogP contribution is 2.10. The van der Waals surface area contributed by atoms with Crippen molar-refractivity contribution in [2.24, 2.45) is 0 Å². The molecule has 0 spiro atoms. The highest BCUT2D eigenvalue weighted by Gasteiger charge is 2.01. The fourth-order valence-electron chi connectivity index (χ4n) is 1.36. The van der Waals surface area contributed by atoms with E-state index in [1.165, 1.54) is 17.3 Å². The second-order valence-electron chi connectivity index (χ2n) is 3.46. The second-order valence-corrected chi connectivity index (χ2v) is 4.33. The van der Waals surface area contributed by atoms with E-state index in [0.717, 1.165) is 18.8 Å². The molecular formula is C12H18N2OS. The van der Waals surface area contributed by atoms with Crippen molar-refractivity contribution in [3.8, 4) is 0 Å². The molecule has 0 radical (unpaired) electrons. The Bertz CT molecular complexity index is 342. The summed E-state index contributed by atoms with van der Waals surface area (Å²) >= 11 is 1.52. The zero-order valence-corrected chi connectivity index (χ0v) is 10.6. The zero-order valence-electron chi connectivity index (χ0n) is 9.75. The van der Waals surface area contributed by atoms with E-state index < -0.39 is 0 Å². The molecule has 0 aliphatic carbocycles. The molecule has 0 bridgehead atoms. The summed E-state index contributed by atoms with van der Waals surface area (Å²) in [6.07, 6.45) is 1.92. The fraction of sp³-hybridized carbons (Fsp3) is 0.417. The minimum Gasteiger partial charge on any atom is -0.325 e. The topological polar surface area (TPSA) is 41.1 Å². The Balaban J connectivity index is 2.56. The summed E-state index contributed by atoms with van der Waals surface area (Å²) in [5.74, 6) is 0.547. The number of benzene rings is 1. The van der Waals surface area contributed by atoms with Crippen LogP contribution in [0.4, 0.5) is 5.69 Å². The van der Waals surface area contributed by atoms with Crippen molar-refractivity contribution in [2.75, 3.05) is 23.9 Å². The Morgan fingerprint density at radius 3 is 2.94 bits per heavy atom. The molecule has 0 unspecified atom stereocenters. The summed E-state index contributed by atoms with van der Waals surface area (Å²) in [7, 11) is 0. The number of rotatable bonds is 6. The van der Waals surface area contributed by atoms with Gasteiger partial charge in [0, 0.05) is 12.2 Å². The third kappa shape index (κ3) is 4.68. The van der Waals surface area contributed by atoms with Crippen LogP contribution in [0.1, 0.15) is 12.5 Å². The summed E-state index contributed by atoms with van der Waals surface area (Å²) in [6, 6.07) is 7.92. The van der Waals surface area contributed by atoms with Crippen LogP contribution in [0, 0.1) is 0 Å². The molecule has 1 aromatic rings. The first-order chi connectivity index (χ1) is 7.76. The third-order valence-electron chi connectivity index (χ3n) is 2.07. The number of hydrogen-bond donors (Lipinski definition) is 2. The molecule has 1 rings (SSSR count). The molecule has 0 saturated heterocycles. The molecule has 0 saturated carbocycles. The van der Waals surface area contributed by atoms with E-state index in [1.807, 2.05) is 30.5 Å². The van der Waals surface area contributed by atoms with Crippen LogP contribution in [0.5, 0.6) is 0 Å². The van der Waals surface area contributed by atoms with Gasteiger partial charge in [-0.25, -0.2) is 0 Å². The Labute approximate surface area is 101 Å². The van der Waals surface area contributed by atoms with Gasteiger partial charge in [0.25, 0.3) is 0 Å². The molecular weight excluding hydrogens is 220 g/mol. The van der Waals surface area contributed by atoms with Gasteiger partial charge in [-0.3, -0.25) is 4.79 Å². The van der Waals surface area contributed by atoms with Crippen molar-refractivity contribution in [3.63, 3.8) is 0 Å². The number of carbonyl (C=O) groups excluding carboxylic acids is 1. The average Bonchev–Trinajstić information content (AvgIpc) is 2.27. The maximum atomic E-state index is 11.4. The molecule has 0 fully saturated rings. The quantitative estimate of drug-likeness (QED) is 0.797. The lowest BCUT2D eigenvalue weighted by molar-refractivity contribution is -0.113. The SMILES string of the molecule is CCNCc1cccc(NC(=O)CSC)c1. The largest absolute Gasteiger partial charge is 0.325 e. The van der Waals surface area contributed by atoms with Crippen LogP contribution in [0.3, 0.4) is 0 Å². The highest BCUT2D eigenvalue weighted by atomic mass is 32.2. The molecule has 3 nitrogen and oxygen atoms in total. The Morgan fingerprint density at radius 2 is 2.25 bits per heavy atom. The van der Waals surface area contributed by atoms with E-state index in [0.29, 0.717) is 5.75 Å². The van der Waals surface area contributed by atoms with Gasteiger partial charge in [0.05, 0.1) is 5.75 Å². The van der Waals surface area contributed by atoms with Gasteiger partial charge < -0.3 is 10.6 Å². The van der Waals surface area contributed by atoms with Crippen molar-refractivity contribution in [3.05, 3.63) is 29.8 Å². The van der Waals surface area contributed by atoms with Gasteiger partial charge >= 0.3 is 0 Å². The Hall–Kier alpha value is -1.00. The molecule has 0 aliphatic heterocycles. The van der Waals surface area contributed by atoms with Crippen molar-refractivity contribution >= 4 is 23.4 Å². The lowest BCUT2D eigenvalue weighted by Crippen LogP contribution is -2.15. The molecule has 0 aromatic heterocycles. The summed E-state index contributed by atoms with van der Waals surface area (Å²) in [5.41, 5.74) is 2.05. The molecule has 88 valence electrons. The second kappa shape index (κ2) is 7.30. The van der Waals surface area contributed by atoms with Crippen molar-refractivity contribution < 1.29 is 4.79 Å². The smallest absolute Gasteiger partial charge is 0.234 e. The van der Waals surface area contributed by atoms with Gasteiger partial charge in [0.15, 0.2) is 0 Å². The summed E-state index contributed by atoms with van der Waals surface area (Å²) in [4.78, 5) is 11.4. The standard InChI is InChI=1S/C12H18N2OS/c1-3-13-8-10-5-4-6-11(7-10)14-12(15)9-16-2/h4-7,13H,3,8-9H2,1-2H3,(H,14,15). The first-order valence-electron chi connectivity index (χ1n) is 5.34. The van der Waals surface area contributed by atoms with Gasteiger partial charge in [-0.2, -0.15) is 11.8 Å². The number of hydrogen-bond acceptors (Lipinski definition) is 3. The van der Waals surface area contributed by atoms with E-state index >= 15 is 0 Å². The zero-order chi connectivity index (χ0) is 11.8. The normalized spacial score (nSPS) is 10.1. The van der Waals surface area contributed by atoms with Gasteiger partial charge in [-0.05, 0) is 30.5 Å². The molecule has 1 aromatic carbocycles. The number of carbonyl (C=O) groups is 1. The van der Waals surface area contributed by atoms with E-state index in [-0.39, 0.29) is 5.91 Å². The summed E-state index contributed by atoms with van der Waals surface area (Å²) < 4.78 is 0. The fourth-order valence-corrected chi connectivity index (χ4v) is 1.69. The average molecular weight is 238 g/mol. The third-order valence-corrected chi connectivity index (χ3v) is 2.62. The number of thioether (sulfide) groups is 1. The van der Waals surface area contributed by atoms with Gasteiger partial charge in [0.1, 0.15) is 0 Å². The van der Waals surface area contributed by atoms with E-state index in [4.69, 9.17) is 0 Å². The number of amides is 1. The van der Waals surface area contributed by atoms with E-state index in [2.05, 4.69) is 17.6 Å². The predicted molar refractivity (Wildman–Crippen MR) is 70.8 cm³/mol. The Morgan fingerprint density at radius 1 is 1.44 bits per heavy atom. The van der Waals surface area contributed by atoms with Crippen molar-refractivity contribution in [1.82, 2.24) is 5.32 Å². The van der Waals surface area contributed by atoms with Crippen LogP contribution in [0.15, 0.2) is 24.3 Å². The predicted octanol–water partition coefficient (Wildman–Crippen LogP) is 2.10. The minimum atomic E-state index is 0.0492. The van der Waals surface area contributed by atoms with Crippen LogP contribution >= 0.6 is 11.8 Å². The molecule has 4 heteroatoms. The molecule has 1 amide bonds. The van der Waals surface area contributed by atoms with Crippen LogP contribution in [-0.2, 0) is 11.3 Å². The van der Waals surface area contributed by atoms with Crippen molar-refractivity contribution in [2.45, 2.75) is 13.5 Å².